The van der Waals surface area contributed by atoms with Crippen LogP contribution in [-0.2, 0) is 4.74 Å². The van der Waals surface area contributed by atoms with Gasteiger partial charge in [0.05, 0.1) is 17.9 Å². The van der Waals surface area contributed by atoms with Gasteiger partial charge in [-0.25, -0.2) is 4.79 Å². The summed E-state index contributed by atoms with van der Waals surface area (Å²) in [6.45, 7) is 2.67. The summed E-state index contributed by atoms with van der Waals surface area (Å²) in [7, 11) is 0. The maximum Gasteiger partial charge on any atom is 0.327 e. The maximum absolute atomic E-state index is 13.1. The number of nitrogens with one attached hydrogen (secondary N) is 1. The second-order valence-corrected chi connectivity index (χ2v) is 7.49. The summed E-state index contributed by atoms with van der Waals surface area (Å²) >= 11 is 0. The minimum Gasteiger partial charge on any atom is -0.364 e. The van der Waals surface area contributed by atoms with Crippen molar-refractivity contribution in [3.05, 3.63) is 95.8 Å². The van der Waals surface area contributed by atoms with Crippen molar-refractivity contribution >= 4 is 17.9 Å². The van der Waals surface area contributed by atoms with Crippen LogP contribution in [0, 0.1) is 0 Å². The molecule has 2 heterocycles. The monoisotopic (exact) mass is 414 g/mol. The molecule has 0 aliphatic carbocycles. The molecule has 2 amide bonds. The molecule has 3 aromatic rings. The molecule has 2 aromatic carbocycles. The number of aromatic nitrogens is 2. The Labute approximate surface area is 182 Å². The van der Waals surface area contributed by atoms with Gasteiger partial charge < -0.3 is 4.74 Å². The first-order chi connectivity index (χ1) is 15.2. The van der Waals surface area contributed by atoms with Crippen LogP contribution in [-0.4, -0.2) is 33.8 Å². The van der Waals surface area contributed by atoms with Crippen LogP contribution in [0.3, 0.4) is 0 Å². The number of ether oxygens (including phenoxy) is 1. The number of piperidine rings is 1. The molecule has 6 nitrogen and oxygen atoms in total. The summed E-state index contributed by atoms with van der Waals surface area (Å²) in [6, 6.07) is 23.4. The van der Waals surface area contributed by atoms with E-state index in [0.717, 1.165) is 29.7 Å². The molecule has 1 aromatic heterocycles. The topological polar surface area (TPSA) is 67.3 Å². The molecule has 1 fully saturated rings. The minimum absolute atomic E-state index is 0.0895. The first-order valence-corrected chi connectivity index (χ1v) is 10.5. The third-order valence-corrected chi connectivity index (χ3v) is 5.29. The van der Waals surface area contributed by atoms with E-state index < -0.39 is 0 Å². The first-order valence-electron chi connectivity index (χ1n) is 10.5. The Kier molecular flexibility index (Phi) is 6.69. The zero-order chi connectivity index (χ0) is 21.5. The number of benzene rings is 2. The summed E-state index contributed by atoms with van der Waals surface area (Å²) in [6.07, 6.45) is 5.03. The third-order valence-electron chi connectivity index (χ3n) is 5.29. The number of hydrogen-bond acceptors (Lipinski definition) is 4. The number of carbonyl (C=O) groups excluding carboxylic acids is 1. The molecule has 31 heavy (non-hydrogen) atoms. The molecule has 2 atom stereocenters. The highest BCUT2D eigenvalue weighted by molar-refractivity contribution is 5.90. The highest BCUT2D eigenvalue weighted by Crippen LogP contribution is 2.31. The Balaban J connectivity index is 1.60. The van der Waals surface area contributed by atoms with Crippen LogP contribution in [0.4, 0.5) is 10.6 Å². The number of nitrogens with zero attached hydrogens (tertiary/aromatic N) is 3. The van der Waals surface area contributed by atoms with Crippen molar-refractivity contribution in [2.75, 3.05) is 11.9 Å². The fourth-order valence-electron chi connectivity index (χ4n) is 3.73. The molecular weight excluding hydrogens is 388 g/mol. The Hall–Kier alpha value is -3.51. The molecule has 158 valence electrons. The molecule has 6 heteroatoms. The summed E-state index contributed by atoms with van der Waals surface area (Å²) in [5, 5.41) is 10.7. The van der Waals surface area contributed by atoms with Crippen molar-refractivity contribution in [3.8, 4) is 0 Å². The van der Waals surface area contributed by atoms with E-state index in [1.165, 1.54) is 0 Å². The van der Waals surface area contributed by atoms with E-state index in [9.17, 15) is 4.79 Å². The lowest BCUT2D eigenvalue weighted by Crippen LogP contribution is -2.43. The van der Waals surface area contributed by atoms with E-state index in [1.807, 2.05) is 61.5 Å². The molecule has 0 saturated carbocycles. The molecule has 4 rings (SSSR count). The lowest BCUT2D eigenvalue weighted by atomic mass is 10.0. The van der Waals surface area contributed by atoms with Gasteiger partial charge in [-0.2, -0.15) is 5.10 Å². The van der Waals surface area contributed by atoms with Crippen molar-refractivity contribution in [1.82, 2.24) is 15.1 Å². The van der Waals surface area contributed by atoms with Crippen LogP contribution in [0.5, 0.6) is 0 Å². The Morgan fingerprint density at radius 1 is 1.10 bits per heavy atom. The molecule has 0 spiro atoms. The summed E-state index contributed by atoms with van der Waals surface area (Å²) in [5.41, 5.74) is 2.99. The number of hydrogen-bond donors (Lipinski definition) is 1. The van der Waals surface area contributed by atoms with Crippen molar-refractivity contribution in [2.24, 2.45) is 0 Å². The molecule has 0 radical (unpaired) electrons. The average Bonchev–Trinajstić information content (AvgIpc) is 2.82. The van der Waals surface area contributed by atoms with Gasteiger partial charge in [-0.05, 0) is 49.1 Å². The zero-order valence-corrected chi connectivity index (χ0v) is 17.5. The van der Waals surface area contributed by atoms with Crippen molar-refractivity contribution in [2.45, 2.75) is 32.0 Å². The molecule has 1 saturated heterocycles. The van der Waals surface area contributed by atoms with Crippen molar-refractivity contribution in [3.63, 3.8) is 0 Å². The van der Waals surface area contributed by atoms with Crippen LogP contribution >= 0.6 is 0 Å². The second-order valence-electron chi connectivity index (χ2n) is 7.49. The van der Waals surface area contributed by atoms with Crippen LogP contribution in [0.1, 0.15) is 37.0 Å². The highest BCUT2D eigenvalue weighted by atomic mass is 16.5. The molecule has 2 unspecified atom stereocenters. The first kappa shape index (κ1) is 20.8. The Bertz CT molecular complexity index is 1010. The smallest absolute Gasteiger partial charge is 0.327 e. The number of likely N-dealkylation sites (tertiary alicyclic amines) is 1. The van der Waals surface area contributed by atoms with Gasteiger partial charge in [0.1, 0.15) is 0 Å². The molecule has 1 aliphatic rings. The van der Waals surface area contributed by atoms with E-state index in [4.69, 9.17) is 4.74 Å². The lowest BCUT2D eigenvalue weighted by molar-refractivity contribution is -0.00872. The predicted octanol–water partition coefficient (Wildman–Crippen LogP) is 5.29. The van der Waals surface area contributed by atoms with Gasteiger partial charge in [-0.1, -0.05) is 60.7 Å². The fraction of sp³-hybridized carbons (Fsp3) is 0.240. The number of carbonyl (C=O) groups is 1. The number of urea groups is 1. The van der Waals surface area contributed by atoms with Gasteiger partial charge in [-0.3, -0.25) is 10.2 Å². The normalized spacial score (nSPS) is 18.5. The van der Waals surface area contributed by atoms with E-state index in [-0.39, 0.29) is 18.2 Å². The van der Waals surface area contributed by atoms with Crippen molar-refractivity contribution in [1.29, 1.82) is 0 Å². The molecule has 1 N–H and O–H groups in total. The Morgan fingerprint density at radius 2 is 1.84 bits per heavy atom. The standard InChI is InChI=1S/C25H26N4O2/c1-19(21-12-6-3-7-13-21)31-23-14-9-17-29(22(23)18-20-10-4-2-5-11-20)25(30)27-24-15-8-16-26-28-24/h2-8,10-13,15-16,18-19,23H,9,14,17H2,1H3,(H,27,28,30). The van der Waals surface area contributed by atoms with Gasteiger partial charge >= 0.3 is 6.03 Å². The van der Waals surface area contributed by atoms with Gasteiger partial charge in [-0.15, -0.1) is 5.10 Å². The zero-order valence-electron chi connectivity index (χ0n) is 17.5. The van der Waals surface area contributed by atoms with Gasteiger partial charge in [0.15, 0.2) is 5.82 Å². The van der Waals surface area contributed by atoms with E-state index in [1.54, 1.807) is 23.2 Å². The van der Waals surface area contributed by atoms with Crippen LogP contribution in [0.25, 0.3) is 6.08 Å². The SMILES string of the molecule is CC(OC1CCCN(C(=O)Nc2cccnn2)C1=Cc1ccccc1)c1ccccc1. The third kappa shape index (κ3) is 5.35. The molecule has 1 aliphatic heterocycles. The van der Waals surface area contributed by atoms with Crippen LogP contribution in [0.15, 0.2) is 84.7 Å². The maximum atomic E-state index is 13.1. The lowest BCUT2D eigenvalue weighted by Gasteiger charge is -2.37. The molecule has 0 bridgehead atoms. The van der Waals surface area contributed by atoms with Crippen LogP contribution in [0.2, 0.25) is 0 Å². The van der Waals surface area contributed by atoms with Crippen molar-refractivity contribution < 1.29 is 9.53 Å². The number of rotatable bonds is 5. The van der Waals surface area contributed by atoms with Gasteiger partial charge in [0.2, 0.25) is 0 Å². The quantitative estimate of drug-likeness (QED) is 0.616. The Morgan fingerprint density at radius 3 is 2.55 bits per heavy atom. The number of anilines is 1. The predicted molar refractivity (Wildman–Crippen MR) is 121 cm³/mol. The largest absolute Gasteiger partial charge is 0.364 e. The van der Waals surface area contributed by atoms with Crippen LogP contribution < -0.4 is 5.32 Å². The summed E-state index contributed by atoms with van der Waals surface area (Å²) in [5.74, 6) is 0.423. The second kappa shape index (κ2) is 10.00. The fourth-order valence-corrected chi connectivity index (χ4v) is 3.73. The van der Waals surface area contributed by atoms with E-state index >= 15 is 0 Å². The molecular formula is C25H26N4O2. The average molecular weight is 415 g/mol. The summed E-state index contributed by atoms with van der Waals surface area (Å²) in [4.78, 5) is 14.9. The summed E-state index contributed by atoms with van der Waals surface area (Å²) < 4.78 is 6.47. The van der Waals surface area contributed by atoms with Gasteiger partial charge in [0.25, 0.3) is 0 Å². The van der Waals surface area contributed by atoms with E-state index in [2.05, 4.69) is 27.6 Å². The van der Waals surface area contributed by atoms with Gasteiger partial charge in [0, 0.05) is 12.7 Å². The van der Waals surface area contributed by atoms with E-state index in [0.29, 0.717) is 12.4 Å². The minimum atomic E-state index is -0.233. The number of amides is 2. The highest BCUT2D eigenvalue weighted by Gasteiger charge is 2.31.